The van der Waals surface area contributed by atoms with E-state index in [4.69, 9.17) is 11.6 Å². The number of rotatable bonds is 4. The number of pyridine rings is 1. The van der Waals surface area contributed by atoms with Gasteiger partial charge in [-0.25, -0.2) is 4.98 Å². The van der Waals surface area contributed by atoms with Crippen molar-refractivity contribution in [3.63, 3.8) is 0 Å². The molecule has 0 unspecified atom stereocenters. The van der Waals surface area contributed by atoms with Gasteiger partial charge in [0.1, 0.15) is 11.5 Å². The minimum absolute atomic E-state index is 0.0994. The maximum atomic E-state index is 12.5. The lowest BCUT2D eigenvalue weighted by Crippen LogP contribution is -2.33. The smallest absolute Gasteiger partial charge is 0.273 e. The van der Waals surface area contributed by atoms with Crippen molar-refractivity contribution in [1.82, 2.24) is 9.88 Å². The Hall–Kier alpha value is -1.29. The Labute approximate surface area is 125 Å². The molecule has 0 aliphatic heterocycles. The molecule has 20 heavy (non-hydrogen) atoms. The van der Waals surface area contributed by atoms with Crippen molar-refractivity contribution in [2.45, 2.75) is 32.1 Å². The van der Waals surface area contributed by atoms with E-state index >= 15 is 0 Å². The fourth-order valence-corrected chi connectivity index (χ4v) is 2.94. The Morgan fingerprint density at radius 1 is 1.40 bits per heavy atom. The van der Waals surface area contributed by atoms with Gasteiger partial charge < -0.3 is 10.2 Å². The monoisotopic (exact) mass is 295 g/mol. The zero-order valence-corrected chi connectivity index (χ0v) is 12.9. The molecule has 1 aromatic rings. The summed E-state index contributed by atoms with van der Waals surface area (Å²) in [4.78, 5) is 18.5. The molecule has 1 N–H and O–H groups in total. The third-order valence-electron chi connectivity index (χ3n) is 3.91. The molecule has 0 bridgehead atoms. The minimum atomic E-state index is -0.0994. The molecular weight excluding hydrogens is 274 g/mol. The molecule has 4 nitrogen and oxygen atoms in total. The van der Waals surface area contributed by atoms with Gasteiger partial charge in [-0.2, -0.15) is 0 Å². The number of carbonyl (C=O) groups is 1. The number of hydrogen-bond acceptors (Lipinski definition) is 3. The summed E-state index contributed by atoms with van der Waals surface area (Å²) in [6.45, 7) is 0.792. The SMILES string of the molecule is CNc1ccc(Cl)c(C(=O)N(C)CC2CCCCC2)n1. The molecule has 1 aliphatic rings. The van der Waals surface area contributed by atoms with Gasteiger partial charge in [-0.3, -0.25) is 4.79 Å². The molecule has 2 rings (SSSR count). The topological polar surface area (TPSA) is 45.2 Å². The van der Waals surface area contributed by atoms with E-state index < -0.39 is 0 Å². The first-order chi connectivity index (χ1) is 9.61. The van der Waals surface area contributed by atoms with Crippen LogP contribution >= 0.6 is 11.6 Å². The van der Waals surface area contributed by atoms with Crippen molar-refractivity contribution in [2.24, 2.45) is 5.92 Å². The van der Waals surface area contributed by atoms with Crippen molar-refractivity contribution in [3.8, 4) is 0 Å². The van der Waals surface area contributed by atoms with Crippen LogP contribution in [0.5, 0.6) is 0 Å². The van der Waals surface area contributed by atoms with Gasteiger partial charge in [0.05, 0.1) is 5.02 Å². The van der Waals surface area contributed by atoms with Crippen LogP contribution in [-0.4, -0.2) is 36.4 Å². The predicted octanol–water partition coefficient (Wildman–Crippen LogP) is 3.43. The van der Waals surface area contributed by atoms with Crippen molar-refractivity contribution < 1.29 is 4.79 Å². The minimum Gasteiger partial charge on any atom is -0.373 e. The maximum absolute atomic E-state index is 12.5. The van der Waals surface area contributed by atoms with Crippen LogP contribution in [0, 0.1) is 5.92 Å². The molecule has 1 aliphatic carbocycles. The Bertz CT molecular complexity index is 472. The number of hydrogen-bond donors (Lipinski definition) is 1. The summed E-state index contributed by atoms with van der Waals surface area (Å²) in [6.07, 6.45) is 6.32. The van der Waals surface area contributed by atoms with Gasteiger partial charge in [-0.1, -0.05) is 30.9 Å². The lowest BCUT2D eigenvalue weighted by molar-refractivity contribution is 0.0755. The summed E-state index contributed by atoms with van der Waals surface area (Å²) in [5.41, 5.74) is 0.330. The average Bonchev–Trinajstić information content (AvgIpc) is 2.48. The second kappa shape index (κ2) is 6.93. The number of carbonyl (C=O) groups excluding carboxylic acids is 1. The van der Waals surface area contributed by atoms with Crippen LogP contribution in [0.2, 0.25) is 5.02 Å². The number of aromatic nitrogens is 1. The van der Waals surface area contributed by atoms with Crippen LogP contribution in [0.3, 0.4) is 0 Å². The molecular formula is C15H22ClN3O. The summed E-state index contributed by atoms with van der Waals surface area (Å²) in [7, 11) is 3.61. The molecule has 0 spiro atoms. The van der Waals surface area contributed by atoms with E-state index in [1.54, 1.807) is 24.1 Å². The van der Waals surface area contributed by atoms with E-state index in [1.165, 1.54) is 32.1 Å². The quantitative estimate of drug-likeness (QED) is 0.925. The lowest BCUT2D eigenvalue weighted by atomic mass is 9.89. The number of nitrogens with zero attached hydrogens (tertiary/aromatic N) is 2. The first-order valence-corrected chi connectivity index (χ1v) is 7.59. The Morgan fingerprint density at radius 2 is 2.10 bits per heavy atom. The van der Waals surface area contributed by atoms with Crippen LogP contribution < -0.4 is 5.32 Å². The summed E-state index contributed by atoms with van der Waals surface area (Å²) < 4.78 is 0. The first-order valence-electron chi connectivity index (χ1n) is 7.21. The number of amides is 1. The van der Waals surface area contributed by atoms with E-state index in [-0.39, 0.29) is 5.91 Å². The van der Waals surface area contributed by atoms with E-state index in [2.05, 4.69) is 10.3 Å². The molecule has 5 heteroatoms. The fourth-order valence-electron chi connectivity index (χ4n) is 2.75. The summed E-state index contributed by atoms with van der Waals surface area (Å²) >= 11 is 6.10. The van der Waals surface area contributed by atoms with Crippen molar-refractivity contribution in [1.29, 1.82) is 0 Å². The Kier molecular flexibility index (Phi) is 5.24. The van der Waals surface area contributed by atoms with E-state index in [9.17, 15) is 4.79 Å². The second-order valence-corrected chi connectivity index (χ2v) is 5.87. The Morgan fingerprint density at radius 3 is 2.75 bits per heavy atom. The van der Waals surface area contributed by atoms with E-state index in [0.29, 0.717) is 22.5 Å². The zero-order valence-electron chi connectivity index (χ0n) is 12.2. The predicted molar refractivity (Wildman–Crippen MR) is 82.3 cm³/mol. The molecule has 0 radical (unpaired) electrons. The number of nitrogens with one attached hydrogen (secondary N) is 1. The summed E-state index contributed by atoms with van der Waals surface area (Å²) in [5, 5.41) is 3.34. The van der Waals surface area contributed by atoms with Crippen molar-refractivity contribution in [3.05, 3.63) is 22.8 Å². The fraction of sp³-hybridized carbons (Fsp3) is 0.600. The highest BCUT2D eigenvalue weighted by Crippen LogP contribution is 2.25. The van der Waals surface area contributed by atoms with Gasteiger partial charge in [0.25, 0.3) is 5.91 Å². The van der Waals surface area contributed by atoms with Crippen LogP contribution in [0.1, 0.15) is 42.6 Å². The Balaban J connectivity index is 2.05. The van der Waals surface area contributed by atoms with Crippen LogP contribution in [0.4, 0.5) is 5.82 Å². The molecule has 0 aromatic carbocycles. The van der Waals surface area contributed by atoms with Crippen molar-refractivity contribution >= 4 is 23.3 Å². The standard InChI is InChI=1S/C15H22ClN3O/c1-17-13-9-8-12(16)14(18-13)15(20)19(2)10-11-6-4-3-5-7-11/h8-9,11H,3-7,10H2,1-2H3,(H,17,18). The largest absolute Gasteiger partial charge is 0.373 e. The summed E-state index contributed by atoms with van der Waals surface area (Å²) in [5.74, 6) is 1.17. The zero-order chi connectivity index (χ0) is 14.5. The lowest BCUT2D eigenvalue weighted by Gasteiger charge is -2.27. The maximum Gasteiger partial charge on any atom is 0.273 e. The highest BCUT2D eigenvalue weighted by atomic mass is 35.5. The van der Waals surface area contributed by atoms with Gasteiger partial charge in [-0.05, 0) is 30.9 Å². The third kappa shape index (κ3) is 3.63. The number of halogens is 1. The van der Waals surface area contributed by atoms with Gasteiger partial charge in [0, 0.05) is 20.6 Å². The highest BCUT2D eigenvalue weighted by Gasteiger charge is 2.21. The first kappa shape index (κ1) is 15.1. The molecule has 1 heterocycles. The highest BCUT2D eigenvalue weighted by molar-refractivity contribution is 6.33. The average molecular weight is 296 g/mol. The van der Waals surface area contributed by atoms with Gasteiger partial charge in [0.15, 0.2) is 0 Å². The molecule has 1 amide bonds. The van der Waals surface area contributed by atoms with Gasteiger partial charge >= 0.3 is 0 Å². The van der Waals surface area contributed by atoms with Crippen LogP contribution in [0.25, 0.3) is 0 Å². The van der Waals surface area contributed by atoms with Gasteiger partial charge in [0.2, 0.25) is 0 Å². The van der Waals surface area contributed by atoms with E-state index in [0.717, 1.165) is 6.54 Å². The number of anilines is 1. The van der Waals surface area contributed by atoms with Gasteiger partial charge in [-0.15, -0.1) is 0 Å². The second-order valence-electron chi connectivity index (χ2n) is 5.47. The normalized spacial score (nSPS) is 15.9. The van der Waals surface area contributed by atoms with Crippen LogP contribution in [0.15, 0.2) is 12.1 Å². The molecule has 110 valence electrons. The molecule has 0 saturated heterocycles. The molecule has 1 aromatic heterocycles. The molecule has 1 fully saturated rings. The molecule has 1 saturated carbocycles. The third-order valence-corrected chi connectivity index (χ3v) is 4.21. The summed E-state index contributed by atoms with van der Waals surface area (Å²) in [6, 6.07) is 3.47. The van der Waals surface area contributed by atoms with Crippen molar-refractivity contribution in [2.75, 3.05) is 26.0 Å². The van der Waals surface area contributed by atoms with E-state index in [1.807, 2.05) is 7.05 Å². The molecule has 0 atom stereocenters. The van der Waals surface area contributed by atoms with Crippen LogP contribution in [-0.2, 0) is 0 Å².